The smallest absolute Gasteiger partial charge is 0.237 e. The van der Waals surface area contributed by atoms with E-state index >= 15 is 0 Å². The topological polar surface area (TPSA) is 45.2 Å². The van der Waals surface area contributed by atoms with Crippen LogP contribution in [0.15, 0.2) is 0 Å². The molecule has 1 saturated heterocycles. The fourth-order valence-corrected chi connectivity index (χ4v) is 4.96. The van der Waals surface area contributed by atoms with E-state index in [0.717, 1.165) is 38.9 Å². The molecule has 1 aliphatic heterocycles. The molecule has 1 aromatic heterocycles. The van der Waals surface area contributed by atoms with E-state index in [1.54, 1.807) is 0 Å². The largest absolute Gasteiger partial charge is 0.355 e. The first-order chi connectivity index (χ1) is 11.7. The zero-order valence-electron chi connectivity index (χ0n) is 15.0. The molecule has 1 atom stereocenters. The molecule has 24 heavy (non-hydrogen) atoms. The van der Waals surface area contributed by atoms with Crippen molar-refractivity contribution in [3.8, 4) is 0 Å². The van der Waals surface area contributed by atoms with Gasteiger partial charge in [-0.3, -0.25) is 9.69 Å². The summed E-state index contributed by atoms with van der Waals surface area (Å²) in [6.07, 6.45) is 12.1. The van der Waals surface area contributed by atoms with Crippen molar-refractivity contribution < 1.29 is 4.79 Å². The van der Waals surface area contributed by atoms with Gasteiger partial charge in [0.05, 0.1) is 16.7 Å². The number of aromatic nitrogens is 1. The zero-order chi connectivity index (χ0) is 16.8. The van der Waals surface area contributed by atoms with Gasteiger partial charge in [0.15, 0.2) is 0 Å². The quantitative estimate of drug-likeness (QED) is 0.801. The van der Waals surface area contributed by atoms with Crippen LogP contribution in [-0.4, -0.2) is 41.5 Å². The van der Waals surface area contributed by atoms with Crippen molar-refractivity contribution in [2.45, 2.75) is 77.2 Å². The van der Waals surface area contributed by atoms with Gasteiger partial charge in [-0.1, -0.05) is 12.8 Å². The second-order valence-electron chi connectivity index (χ2n) is 7.21. The van der Waals surface area contributed by atoms with Crippen molar-refractivity contribution in [1.82, 2.24) is 15.2 Å². The van der Waals surface area contributed by atoms with Gasteiger partial charge in [0, 0.05) is 17.8 Å². The molecule has 1 amide bonds. The Morgan fingerprint density at radius 3 is 2.67 bits per heavy atom. The number of carbonyl (C=O) groups excluding carboxylic acids is 1. The van der Waals surface area contributed by atoms with E-state index in [1.165, 1.54) is 60.5 Å². The van der Waals surface area contributed by atoms with E-state index < -0.39 is 0 Å². The third kappa shape index (κ3) is 4.79. The summed E-state index contributed by atoms with van der Waals surface area (Å²) in [6.45, 7) is 4.95. The molecule has 0 aromatic carbocycles. The summed E-state index contributed by atoms with van der Waals surface area (Å²) in [4.78, 5) is 21.0. The van der Waals surface area contributed by atoms with E-state index in [0.29, 0.717) is 0 Å². The Morgan fingerprint density at radius 1 is 1.17 bits per heavy atom. The third-order valence-corrected chi connectivity index (χ3v) is 6.54. The van der Waals surface area contributed by atoms with Crippen molar-refractivity contribution in [3.63, 3.8) is 0 Å². The van der Waals surface area contributed by atoms with Crippen LogP contribution in [0.1, 0.15) is 67.4 Å². The van der Waals surface area contributed by atoms with Gasteiger partial charge < -0.3 is 5.32 Å². The molecule has 134 valence electrons. The molecular weight excluding hydrogens is 318 g/mol. The second-order valence-corrected chi connectivity index (χ2v) is 8.37. The van der Waals surface area contributed by atoms with E-state index in [-0.39, 0.29) is 11.9 Å². The summed E-state index contributed by atoms with van der Waals surface area (Å²) in [7, 11) is 0. The van der Waals surface area contributed by atoms with Crippen LogP contribution < -0.4 is 5.32 Å². The van der Waals surface area contributed by atoms with Gasteiger partial charge in [0.1, 0.15) is 0 Å². The molecular formula is C19H31N3OS. The number of carbonyl (C=O) groups is 1. The Labute approximate surface area is 150 Å². The normalized spacial score (nSPS) is 20.2. The first-order valence-corrected chi connectivity index (χ1v) is 10.5. The number of thiazole rings is 1. The Hall–Kier alpha value is -0.940. The van der Waals surface area contributed by atoms with Crippen molar-refractivity contribution in [2.75, 3.05) is 19.6 Å². The Kier molecular flexibility index (Phi) is 6.67. The summed E-state index contributed by atoms with van der Waals surface area (Å²) in [5.74, 6) is 0.190. The number of hydrogen-bond donors (Lipinski definition) is 1. The molecule has 2 aliphatic rings. The number of aryl methyl sites for hydroxylation is 3. The van der Waals surface area contributed by atoms with E-state index in [2.05, 4.69) is 17.1 Å². The first kappa shape index (κ1) is 17.9. The molecule has 0 radical (unpaired) electrons. The van der Waals surface area contributed by atoms with Crippen LogP contribution in [0.4, 0.5) is 0 Å². The van der Waals surface area contributed by atoms with Gasteiger partial charge in [0.25, 0.3) is 0 Å². The Bertz CT molecular complexity index is 511. The maximum absolute atomic E-state index is 12.4. The number of nitrogens with zero attached hydrogens (tertiary/aromatic N) is 2. The SMILES string of the molecule is C[C@H](C(=O)NCCCc1nc2c(s1)CCCC2)N1CCCCCC1. The molecule has 5 heteroatoms. The molecule has 1 aliphatic carbocycles. The van der Waals surface area contributed by atoms with E-state index in [9.17, 15) is 4.79 Å². The van der Waals surface area contributed by atoms with Gasteiger partial charge in [0.2, 0.25) is 5.91 Å². The second kappa shape index (κ2) is 8.95. The summed E-state index contributed by atoms with van der Waals surface area (Å²) >= 11 is 1.89. The average molecular weight is 350 g/mol. The monoisotopic (exact) mass is 349 g/mol. The third-order valence-electron chi connectivity index (χ3n) is 5.32. The van der Waals surface area contributed by atoms with Crippen LogP contribution in [0.2, 0.25) is 0 Å². The highest BCUT2D eigenvalue weighted by Gasteiger charge is 2.21. The van der Waals surface area contributed by atoms with E-state index in [1.807, 2.05) is 11.3 Å². The molecule has 1 N–H and O–H groups in total. The first-order valence-electron chi connectivity index (χ1n) is 9.73. The number of likely N-dealkylation sites (tertiary alicyclic amines) is 1. The number of nitrogens with one attached hydrogen (secondary N) is 1. The molecule has 3 rings (SSSR count). The van der Waals surface area contributed by atoms with Crippen molar-refractivity contribution in [2.24, 2.45) is 0 Å². The highest BCUT2D eigenvalue weighted by atomic mass is 32.1. The zero-order valence-corrected chi connectivity index (χ0v) is 15.8. The molecule has 0 unspecified atom stereocenters. The lowest BCUT2D eigenvalue weighted by molar-refractivity contribution is -0.125. The molecule has 0 saturated carbocycles. The standard InChI is InChI=1S/C19H31N3OS/c1-15(22-13-6-2-3-7-14-22)19(23)20-12-8-11-18-21-16-9-4-5-10-17(16)24-18/h15H,2-14H2,1H3,(H,20,23)/t15-/m1/s1. The fraction of sp³-hybridized carbons (Fsp3) is 0.789. The minimum atomic E-state index is 0.00952. The fourth-order valence-electron chi connectivity index (χ4n) is 3.76. The lowest BCUT2D eigenvalue weighted by Crippen LogP contribution is -2.45. The number of rotatable bonds is 6. The van der Waals surface area contributed by atoms with Gasteiger partial charge in [-0.05, 0) is 65.0 Å². The molecule has 4 nitrogen and oxygen atoms in total. The summed E-state index contributed by atoms with van der Waals surface area (Å²) in [5, 5.41) is 4.39. The summed E-state index contributed by atoms with van der Waals surface area (Å²) in [6, 6.07) is 0.00952. The van der Waals surface area contributed by atoms with Gasteiger partial charge in [-0.25, -0.2) is 4.98 Å². The van der Waals surface area contributed by atoms with Crippen LogP contribution in [0, 0.1) is 0 Å². The number of amides is 1. The predicted octanol–water partition coefficient (Wildman–Crippen LogP) is 3.34. The number of fused-ring (bicyclic) bond motifs is 1. The van der Waals surface area contributed by atoms with Crippen LogP contribution >= 0.6 is 11.3 Å². The maximum Gasteiger partial charge on any atom is 0.237 e. The molecule has 1 aromatic rings. The highest BCUT2D eigenvalue weighted by Crippen LogP contribution is 2.27. The highest BCUT2D eigenvalue weighted by molar-refractivity contribution is 7.11. The molecule has 0 bridgehead atoms. The minimum Gasteiger partial charge on any atom is -0.355 e. The Balaban J connectivity index is 1.37. The van der Waals surface area contributed by atoms with Crippen LogP contribution in [0.25, 0.3) is 0 Å². The summed E-state index contributed by atoms with van der Waals surface area (Å²) < 4.78 is 0. The van der Waals surface area contributed by atoms with Gasteiger partial charge >= 0.3 is 0 Å². The summed E-state index contributed by atoms with van der Waals surface area (Å²) in [5.41, 5.74) is 1.35. The van der Waals surface area contributed by atoms with Crippen molar-refractivity contribution in [3.05, 3.63) is 15.6 Å². The molecule has 2 heterocycles. The maximum atomic E-state index is 12.4. The van der Waals surface area contributed by atoms with Crippen molar-refractivity contribution in [1.29, 1.82) is 0 Å². The lowest BCUT2D eigenvalue weighted by Gasteiger charge is -2.26. The molecule has 0 spiro atoms. The lowest BCUT2D eigenvalue weighted by atomic mass is 10.0. The van der Waals surface area contributed by atoms with Gasteiger partial charge in [-0.15, -0.1) is 11.3 Å². The average Bonchev–Trinajstić information content (AvgIpc) is 2.82. The number of hydrogen-bond acceptors (Lipinski definition) is 4. The van der Waals surface area contributed by atoms with Crippen LogP contribution in [0.3, 0.4) is 0 Å². The predicted molar refractivity (Wildman–Crippen MR) is 99.6 cm³/mol. The van der Waals surface area contributed by atoms with Gasteiger partial charge in [-0.2, -0.15) is 0 Å². The van der Waals surface area contributed by atoms with Crippen molar-refractivity contribution >= 4 is 17.2 Å². The van der Waals surface area contributed by atoms with E-state index in [4.69, 9.17) is 4.98 Å². The molecule has 1 fully saturated rings. The minimum absolute atomic E-state index is 0.00952. The van der Waals surface area contributed by atoms with Crippen LogP contribution in [-0.2, 0) is 24.1 Å². The van der Waals surface area contributed by atoms with Crippen LogP contribution in [0.5, 0.6) is 0 Å². The Morgan fingerprint density at radius 2 is 1.92 bits per heavy atom.